The van der Waals surface area contributed by atoms with Crippen LogP contribution in [0.4, 0.5) is 0 Å². The van der Waals surface area contributed by atoms with E-state index in [2.05, 4.69) is 18.9 Å². The second-order valence-electron chi connectivity index (χ2n) is 4.93. The topological polar surface area (TPSA) is 64.3 Å². The molecule has 0 bridgehead atoms. The molecule has 0 unspecified atom stereocenters. The summed E-state index contributed by atoms with van der Waals surface area (Å²) >= 11 is 0. The zero-order valence-electron chi connectivity index (χ0n) is 11.6. The predicted octanol–water partition coefficient (Wildman–Crippen LogP) is 2.67. The summed E-state index contributed by atoms with van der Waals surface area (Å²) in [6.07, 6.45) is 3.60. The molecule has 0 amide bonds. The minimum Gasteiger partial charge on any atom is -0.486 e. The summed E-state index contributed by atoms with van der Waals surface area (Å²) in [7, 11) is 0. The third kappa shape index (κ3) is 3.85. The first kappa shape index (κ1) is 14.1. The van der Waals surface area contributed by atoms with E-state index in [0.29, 0.717) is 12.6 Å². The Bertz CT molecular complexity index is 573. The molecule has 0 fully saturated rings. The van der Waals surface area contributed by atoms with Gasteiger partial charge in [-0.15, -0.1) is 0 Å². The first-order valence-corrected chi connectivity index (χ1v) is 6.51. The average Bonchev–Trinajstić information content (AvgIpc) is 2.86. The highest BCUT2D eigenvalue weighted by molar-refractivity contribution is 5.70. The molecule has 0 radical (unpaired) electrons. The zero-order valence-corrected chi connectivity index (χ0v) is 11.6. The first-order valence-electron chi connectivity index (χ1n) is 6.51. The van der Waals surface area contributed by atoms with Gasteiger partial charge in [0.1, 0.15) is 6.61 Å². The molecule has 0 saturated heterocycles. The van der Waals surface area contributed by atoms with E-state index in [1.807, 2.05) is 35.1 Å². The minimum atomic E-state index is -0.824. The van der Waals surface area contributed by atoms with Crippen LogP contribution in [0.5, 0.6) is 5.75 Å². The number of hydrogen-bond donors (Lipinski definition) is 1. The Labute approximate surface area is 117 Å². The van der Waals surface area contributed by atoms with Gasteiger partial charge in [0, 0.05) is 6.04 Å². The van der Waals surface area contributed by atoms with Crippen LogP contribution in [0, 0.1) is 0 Å². The summed E-state index contributed by atoms with van der Waals surface area (Å²) < 4.78 is 7.48. The minimum absolute atomic E-state index is 0.0439. The Morgan fingerprint density at radius 1 is 1.30 bits per heavy atom. The van der Waals surface area contributed by atoms with E-state index in [4.69, 9.17) is 9.84 Å². The number of ether oxygens (including phenoxy) is 1. The number of carboxylic acids is 1. The van der Waals surface area contributed by atoms with Gasteiger partial charge in [-0.05, 0) is 25.0 Å². The number of hydrogen-bond acceptors (Lipinski definition) is 3. The van der Waals surface area contributed by atoms with Gasteiger partial charge in [0.25, 0.3) is 0 Å². The smallest absolute Gasteiger partial charge is 0.307 e. The molecule has 2 aromatic rings. The van der Waals surface area contributed by atoms with Crippen LogP contribution < -0.4 is 4.74 Å². The predicted molar refractivity (Wildman–Crippen MR) is 74.7 cm³/mol. The van der Waals surface area contributed by atoms with Gasteiger partial charge in [0.05, 0.1) is 18.8 Å². The van der Waals surface area contributed by atoms with Gasteiger partial charge in [-0.2, -0.15) is 5.10 Å². The summed E-state index contributed by atoms with van der Waals surface area (Å²) in [5.41, 5.74) is 1.78. The van der Waals surface area contributed by atoms with Crippen molar-refractivity contribution >= 4 is 5.97 Å². The fraction of sp³-hybridized carbons (Fsp3) is 0.333. The number of aromatic nitrogens is 2. The fourth-order valence-electron chi connectivity index (χ4n) is 1.77. The standard InChI is InChI=1S/C15H18N2O3/c1-11(2)17-9-14(8-16-17)20-10-13-5-3-12(4-6-13)7-15(18)19/h3-6,8-9,11H,7,10H2,1-2H3,(H,18,19). The molecule has 1 aromatic carbocycles. The number of carboxylic acid groups (broad SMARTS) is 1. The molecule has 2 rings (SSSR count). The van der Waals surface area contributed by atoms with Crippen molar-refractivity contribution in [3.63, 3.8) is 0 Å². The second kappa shape index (κ2) is 6.23. The zero-order chi connectivity index (χ0) is 14.5. The summed E-state index contributed by atoms with van der Waals surface area (Å²) in [5, 5.41) is 12.9. The van der Waals surface area contributed by atoms with Gasteiger partial charge in [0.15, 0.2) is 5.75 Å². The Hall–Kier alpha value is -2.30. The number of nitrogens with zero attached hydrogens (tertiary/aromatic N) is 2. The number of rotatable bonds is 6. The highest BCUT2D eigenvalue weighted by atomic mass is 16.5. The molecule has 20 heavy (non-hydrogen) atoms. The van der Waals surface area contributed by atoms with Gasteiger partial charge < -0.3 is 9.84 Å². The van der Waals surface area contributed by atoms with Gasteiger partial charge >= 0.3 is 5.97 Å². The van der Waals surface area contributed by atoms with Crippen LogP contribution in [0.2, 0.25) is 0 Å². The van der Waals surface area contributed by atoms with Crippen LogP contribution in [0.3, 0.4) is 0 Å². The molecule has 0 aliphatic carbocycles. The van der Waals surface area contributed by atoms with Crippen molar-refractivity contribution in [1.82, 2.24) is 9.78 Å². The molecule has 0 saturated carbocycles. The highest BCUT2D eigenvalue weighted by Gasteiger charge is 2.04. The molecule has 1 N–H and O–H groups in total. The van der Waals surface area contributed by atoms with Crippen LogP contribution in [0.1, 0.15) is 31.0 Å². The van der Waals surface area contributed by atoms with Crippen LogP contribution in [0.15, 0.2) is 36.7 Å². The molecule has 0 atom stereocenters. The van der Waals surface area contributed by atoms with Crippen molar-refractivity contribution in [2.75, 3.05) is 0 Å². The molecule has 0 aliphatic heterocycles. The molecule has 5 heteroatoms. The summed E-state index contributed by atoms with van der Waals surface area (Å²) in [4.78, 5) is 10.6. The lowest BCUT2D eigenvalue weighted by Crippen LogP contribution is -2.01. The third-order valence-electron chi connectivity index (χ3n) is 2.89. The van der Waals surface area contributed by atoms with Crippen molar-refractivity contribution in [2.45, 2.75) is 32.9 Å². The van der Waals surface area contributed by atoms with Crippen LogP contribution in [0.25, 0.3) is 0 Å². The molecule has 0 aliphatic rings. The van der Waals surface area contributed by atoms with E-state index in [1.165, 1.54) is 0 Å². The molecule has 1 aromatic heterocycles. The third-order valence-corrected chi connectivity index (χ3v) is 2.89. The second-order valence-corrected chi connectivity index (χ2v) is 4.93. The summed E-state index contributed by atoms with van der Waals surface area (Å²) in [6, 6.07) is 7.69. The van der Waals surface area contributed by atoms with E-state index in [1.54, 1.807) is 6.20 Å². The fourth-order valence-corrected chi connectivity index (χ4v) is 1.77. The van der Waals surface area contributed by atoms with Gasteiger partial charge in [-0.3, -0.25) is 9.48 Å². The lowest BCUT2D eigenvalue weighted by atomic mass is 10.1. The van der Waals surface area contributed by atoms with E-state index >= 15 is 0 Å². The van der Waals surface area contributed by atoms with Gasteiger partial charge in [0.2, 0.25) is 0 Å². The Kier molecular flexibility index (Phi) is 4.40. The molecular formula is C15H18N2O3. The van der Waals surface area contributed by atoms with Crippen molar-refractivity contribution in [3.05, 3.63) is 47.8 Å². The van der Waals surface area contributed by atoms with Crippen molar-refractivity contribution in [2.24, 2.45) is 0 Å². The maximum absolute atomic E-state index is 10.6. The molecular weight excluding hydrogens is 256 g/mol. The normalized spacial score (nSPS) is 10.8. The number of benzene rings is 1. The lowest BCUT2D eigenvalue weighted by Gasteiger charge is -2.05. The summed E-state index contributed by atoms with van der Waals surface area (Å²) in [6.45, 7) is 4.55. The van der Waals surface area contributed by atoms with Crippen molar-refractivity contribution < 1.29 is 14.6 Å². The van der Waals surface area contributed by atoms with Crippen molar-refractivity contribution in [1.29, 1.82) is 0 Å². The monoisotopic (exact) mass is 274 g/mol. The first-order chi connectivity index (χ1) is 9.54. The number of carbonyl (C=O) groups is 1. The Morgan fingerprint density at radius 3 is 2.50 bits per heavy atom. The van der Waals surface area contributed by atoms with Gasteiger partial charge in [-0.25, -0.2) is 0 Å². The maximum atomic E-state index is 10.6. The lowest BCUT2D eigenvalue weighted by molar-refractivity contribution is -0.136. The van der Waals surface area contributed by atoms with E-state index in [-0.39, 0.29) is 6.42 Å². The Morgan fingerprint density at radius 2 is 1.95 bits per heavy atom. The van der Waals surface area contributed by atoms with E-state index in [9.17, 15) is 4.79 Å². The molecule has 0 spiro atoms. The maximum Gasteiger partial charge on any atom is 0.307 e. The highest BCUT2D eigenvalue weighted by Crippen LogP contribution is 2.14. The van der Waals surface area contributed by atoms with E-state index < -0.39 is 5.97 Å². The SMILES string of the molecule is CC(C)n1cc(OCc2ccc(CC(=O)O)cc2)cn1. The van der Waals surface area contributed by atoms with Crippen LogP contribution in [-0.2, 0) is 17.8 Å². The van der Waals surface area contributed by atoms with Crippen molar-refractivity contribution in [3.8, 4) is 5.75 Å². The Balaban J connectivity index is 1.91. The average molecular weight is 274 g/mol. The van der Waals surface area contributed by atoms with Crippen LogP contribution >= 0.6 is 0 Å². The molecule has 106 valence electrons. The number of aliphatic carboxylic acids is 1. The van der Waals surface area contributed by atoms with E-state index in [0.717, 1.165) is 16.9 Å². The summed E-state index contributed by atoms with van der Waals surface area (Å²) in [5.74, 6) is -0.0941. The molecule has 1 heterocycles. The van der Waals surface area contributed by atoms with Gasteiger partial charge in [-0.1, -0.05) is 24.3 Å². The largest absolute Gasteiger partial charge is 0.486 e. The van der Waals surface area contributed by atoms with Crippen LogP contribution in [-0.4, -0.2) is 20.9 Å². The molecule has 5 nitrogen and oxygen atoms in total. The quantitative estimate of drug-likeness (QED) is 0.879.